The van der Waals surface area contributed by atoms with E-state index in [1.807, 2.05) is 39.3 Å². The van der Waals surface area contributed by atoms with Gasteiger partial charge >= 0.3 is 0 Å². The molecule has 96 valence electrons. The molecule has 0 aliphatic carbocycles. The minimum absolute atomic E-state index is 0. The largest absolute Gasteiger partial charge is 0.433 e. The maximum atomic E-state index is 8.66. The summed E-state index contributed by atoms with van der Waals surface area (Å²) in [5.41, 5.74) is 0. The van der Waals surface area contributed by atoms with Gasteiger partial charge in [0.25, 0.3) is 0 Å². The predicted molar refractivity (Wildman–Crippen MR) is 67.4 cm³/mol. The third-order valence-electron chi connectivity index (χ3n) is 0. The van der Waals surface area contributed by atoms with Crippen LogP contribution in [0.4, 0.5) is 0 Å². The van der Waals surface area contributed by atoms with E-state index in [9.17, 15) is 0 Å². The zero-order valence-corrected chi connectivity index (χ0v) is 15.7. The fourth-order valence-corrected chi connectivity index (χ4v) is 0. The molecule has 4 nitrogen and oxygen atoms in total. The molecular formula is C8H28O4Si2Zr. The van der Waals surface area contributed by atoms with E-state index in [0.29, 0.717) is 0 Å². The van der Waals surface area contributed by atoms with E-state index in [4.69, 9.17) is 19.8 Å². The van der Waals surface area contributed by atoms with Crippen LogP contribution in [0.1, 0.15) is 0 Å². The molecule has 0 atom stereocenters. The molecule has 0 spiro atoms. The standard InChI is InChI=1S/2C3H10OSi.2CH4O.Zr/c2*1-5(2,3)4;2*1-2;/h2*4H,1-3H3;2*2H,1H3;. The molecule has 0 amide bonds. The first-order valence-corrected chi connectivity index (χ1v) is 11.2. The van der Waals surface area contributed by atoms with Gasteiger partial charge in [-0.3, -0.25) is 0 Å². The topological polar surface area (TPSA) is 80.9 Å². The molecule has 0 saturated heterocycles. The van der Waals surface area contributed by atoms with E-state index in [1.165, 1.54) is 0 Å². The molecule has 0 radical (unpaired) electrons. The van der Waals surface area contributed by atoms with Crippen molar-refractivity contribution >= 4 is 16.6 Å². The molecule has 0 rings (SSSR count). The summed E-state index contributed by atoms with van der Waals surface area (Å²) in [6, 6.07) is 0. The Kier molecular flexibility index (Phi) is 34.9. The summed E-state index contributed by atoms with van der Waals surface area (Å²) in [5.74, 6) is 0. The van der Waals surface area contributed by atoms with Gasteiger partial charge in [0.1, 0.15) is 0 Å². The first-order valence-electron chi connectivity index (χ1n) is 4.34. The molecule has 0 unspecified atom stereocenters. The summed E-state index contributed by atoms with van der Waals surface area (Å²) in [6.07, 6.45) is 0. The van der Waals surface area contributed by atoms with Gasteiger partial charge in [0.2, 0.25) is 0 Å². The van der Waals surface area contributed by atoms with Crippen LogP contribution in [-0.4, -0.2) is 50.7 Å². The Labute approximate surface area is 116 Å². The number of aliphatic hydroxyl groups is 2. The Morgan fingerprint density at radius 2 is 0.533 bits per heavy atom. The molecule has 0 saturated carbocycles. The van der Waals surface area contributed by atoms with Crippen LogP contribution in [0.3, 0.4) is 0 Å². The summed E-state index contributed by atoms with van der Waals surface area (Å²) in [4.78, 5) is 17.3. The number of hydrogen-bond donors (Lipinski definition) is 4. The van der Waals surface area contributed by atoms with Gasteiger partial charge in [-0.1, -0.05) is 0 Å². The SMILES string of the molecule is CO.CO.C[Si](C)(C)O.C[Si](C)(C)O.[Zr]. The fourth-order valence-electron chi connectivity index (χ4n) is 0. The van der Waals surface area contributed by atoms with Crippen molar-refractivity contribution in [2.75, 3.05) is 14.2 Å². The summed E-state index contributed by atoms with van der Waals surface area (Å²) in [6.45, 7) is 11.3. The molecule has 0 aromatic heterocycles. The van der Waals surface area contributed by atoms with Crippen LogP contribution in [0.5, 0.6) is 0 Å². The monoisotopic (exact) mass is 334 g/mol. The van der Waals surface area contributed by atoms with E-state index < -0.39 is 16.6 Å². The van der Waals surface area contributed by atoms with Gasteiger partial charge in [-0.25, -0.2) is 0 Å². The van der Waals surface area contributed by atoms with Crippen molar-refractivity contribution in [1.82, 2.24) is 0 Å². The molecule has 7 heteroatoms. The Hall–Kier alpha value is 1.16. The first-order chi connectivity index (χ1) is 6.00. The Bertz CT molecular complexity index is 67.6. The first kappa shape index (κ1) is 29.8. The molecular weight excluding hydrogens is 307 g/mol. The van der Waals surface area contributed by atoms with Gasteiger partial charge in [-0.05, 0) is 39.3 Å². The minimum Gasteiger partial charge on any atom is -0.433 e. The Morgan fingerprint density at radius 1 is 0.533 bits per heavy atom. The van der Waals surface area contributed by atoms with Crippen LogP contribution in [0, 0.1) is 0 Å². The zero-order valence-electron chi connectivity index (χ0n) is 11.3. The van der Waals surface area contributed by atoms with Crippen LogP contribution in [-0.2, 0) is 26.2 Å². The summed E-state index contributed by atoms with van der Waals surface area (Å²) >= 11 is 0. The van der Waals surface area contributed by atoms with E-state index in [1.54, 1.807) is 0 Å². The van der Waals surface area contributed by atoms with Gasteiger partial charge in [-0.2, -0.15) is 0 Å². The molecule has 0 heterocycles. The third-order valence-corrected chi connectivity index (χ3v) is 0. The summed E-state index contributed by atoms with van der Waals surface area (Å²) < 4.78 is 0. The normalized spacial score (nSPS) is 8.80. The number of rotatable bonds is 0. The molecule has 4 N–H and O–H groups in total. The van der Waals surface area contributed by atoms with Crippen molar-refractivity contribution in [3.05, 3.63) is 0 Å². The van der Waals surface area contributed by atoms with Crippen molar-refractivity contribution in [2.24, 2.45) is 0 Å². The smallest absolute Gasteiger partial charge is 0.179 e. The Morgan fingerprint density at radius 3 is 0.533 bits per heavy atom. The predicted octanol–water partition coefficient (Wildman–Crippen LogP) is 0.842. The van der Waals surface area contributed by atoms with Crippen LogP contribution in [0.25, 0.3) is 0 Å². The number of aliphatic hydroxyl groups excluding tert-OH is 2. The van der Waals surface area contributed by atoms with E-state index in [2.05, 4.69) is 0 Å². The average molecular weight is 336 g/mol. The molecule has 15 heavy (non-hydrogen) atoms. The van der Waals surface area contributed by atoms with Crippen molar-refractivity contribution in [3.63, 3.8) is 0 Å². The van der Waals surface area contributed by atoms with Crippen molar-refractivity contribution in [3.8, 4) is 0 Å². The summed E-state index contributed by atoms with van der Waals surface area (Å²) in [5, 5.41) is 14.0. The maximum Gasteiger partial charge on any atom is 0.179 e. The number of hydrogen-bond acceptors (Lipinski definition) is 4. The van der Waals surface area contributed by atoms with Crippen molar-refractivity contribution in [2.45, 2.75) is 39.3 Å². The van der Waals surface area contributed by atoms with Gasteiger partial charge in [0, 0.05) is 40.4 Å². The Balaban J connectivity index is -0.0000000318. The second kappa shape index (κ2) is 17.5. The average Bonchev–Trinajstić information content (AvgIpc) is 1.88. The van der Waals surface area contributed by atoms with Gasteiger partial charge in [0.15, 0.2) is 16.6 Å². The molecule has 0 aliphatic heterocycles. The van der Waals surface area contributed by atoms with Crippen molar-refractivity contribution < 1.29 is 46.0 Å². The van der Waals surface area contributed by atoms with Crippen LogP contribution < -0.4 is 0 Å². The zero-order chi connectivity index (χ0) is 13.0. The third kappa shape index (κ3) is 1960. The van der Waals surface area contributed by atoms with Crippen LogP contribution in [0.15, 0.2) is 0 Å². The summed E-state index contributed by atoms with van der Waals surface area (Å²) in [7, 11) is -1.22. The molecule has 0 aliphatic rings. The second-order valence-corrected chi connectivity index (χ2v) is 13.0. The van der Waals surface area contributed by atoms with Gasteiger partial charge in [0.05, 0.1) is 0 Å². The molecule has 0 aromatic carbocycles. The maximum absolute atomic E-state index is 8.66. The van der Waals surface area contributed by atoms with E-state index >= 15 is 0 Å². The van der Waals surface area contributed by atoms with Crippen LogP contribution in [0.2, 0.25) is 39.3 Å². The van der Waals surface area contributed by atoms with Gasteiger partial charge in [-0.15, -0.1) is 0 Å². The molecule has 0 bridgehead atoms. The van der Waals surface area contributed by atoms with Crippen molar-refractivity contribution in [1.29, 1.82) is 0 Å². The quantitative estimate of drug-likeness (QED) is 0.495. The van der Waals surface area contributed by atoms with E-state index in [-0.39, 0.29) is 26.2 Å². The fraction of sp³-hybridized carbons (Fsp3) is 1.00. The second-order valence-electron chi connectivity index (χ2n) is 4.34. The minimum atomic E-state index is -1.61. The van der Waals surface area contributed by atoms with E-state index in [0.717, 1.165) is 14.2 Å². The molecule has 0 fully saturated rings. The van der Waals surface area contributed by atoms with Crippen LogP contribution >= 0.6 is 0 Å². The van der Waals surface area contributed by atoms with Gasteiger partial charge < -0.3 is 19.8 Å². The molecule has 0 aromatic rings.